The van der Waals surface area contributed by atoms with Gasteiger partial charge in [-0.3, -0.25) is 14.9 Å². The predicted octanol–water partition coefficient (Wildman–Crippen LogP) is 2.85. The summed E-state index contributed by atoms with van der Waals surface area (Å²) in [4.78, 5) is 24.3. The highest BCUT2D eigenvalue weighted by atomic mass is 16.6. The maximum atomic E-state index is 12.2. The van der Waals surface area contributed by atoms with Gasteiger partial charge in [-0.25, -0.2) is 0 Å². The molecule has 0 N–H and O–H groups in total. The SMILES string of the molecule is CCN(Cc1ccccc1[N+](=O)[O-])C(=O)c1ccoc1. The summed E-state index contributed by atoms with van der Waals surface area (Å²) < 4.78 is 4.89. The average Bonchev–Trinajstić information content (AvgIpc) is 2.98. The molecule has 6 nitrogen and oxygen atoms in total. The van der Waals surface area contributed by atoms with Gasteiger partial charge in [0.2, 0.25) is 0 Å². The van der Waals surface area contributed by atoms with Gasteiger partial charge in [-0.05, 0) is 13.0 Å². The molecule has 0 saturated heterocycles. The number of hydrogen-bond acceptors (Lipinski definition) is 4. The molecule has 0 bridgehead atoms. The van der Waals surface area contributed by atoms with Gasteiger partial charge in [-0.2, -0.15) is 0 Å². The summed E-state index contributed by atoms with van der Waals surface area (Å²) in [6.07, 6.45) is 2.79. The van der Waals surface area contributed by atoms with E-state index in [9.17, 15) is 14.9 Å². The van der Waals surface area contributed by atoms with Crippen LogP contribution in [0.4, 0.5) is 5.69 Å². The van der Waals surface area contributed by atoms with Crippen LogP contribution in [0.15, 0.2) is 47.3 Å². The molecule has 0 atom stereocenters. The van der Waals surface area contributed by atoms with Crippen molar-refractivity contribution in [3.8, 4) is 0 Å². The Morgan fingerprint density at radius 3 is 2.70 bits per heavy atom. The van der Waals surface area contributed by atoms with Crippen LogP contribution in [0, 0.1) is 10.1 Å². The Balaban J connectivity index is 2.23. The largest absolute Gasteiger partial charge is 0.472 e. The van der Waals surface area contributed by atoms with Crippen LogP contribution in [0.2, 0.25) is 0 Å². The van der Waals surface area contributed by atoms with E-state index in [0.717, 1.165) is 0 Å². The highest BCUT2D eigenvalue weighted by molar-refractivity contribution is 5.93. The van der Waals surface area contributed by atoms with Crippen molar-refractivity contribution in [1.29, 1.82) is 0 Å². The zero-order valence-electron chi connectivity index (χ0n) is 11.0. The standard InChI is InChI=1S/C14H14N2O4/c1-2-15(14(17)12-7-8-20-10-12)9-11-5-3-4-6-13(11)16(18)19/h3-8,10H,2,9H2,1H3. The lowest BCUT2D eigenvalue weighted by Crippen LogP contribution is -2.30. The third-order valence-corrected chi connectivity index (χ3v) is 2.99. The number of benzene rings is 1. The Labute approximate surface area is 115 Å². The van der Waals surface area contributed by atoms with Gasteiger partial charge in [-0.1, -0.05) is 18.2 Å². The minimum atomic E-state index is -0.439. The fraction of sp³-hybridized carbons (Fsp3) is 0.214. The van der Waals surface area contributed by atoms with Gasteiger partial charge in [0.15, 0.2) is 0 Å². The summed E-state index contributed by atoms with van der Waals surface area (Å²) in [6, 6.07) is 7.99. The molecule has 0 aliphatic heterocycles. The maximum absolute atomic E-state index is 12.2. The van der Waals surface area contributed by atoms with Crippen molar-refractivity contribution >= 4 is 11.6 Å². The number of amides is 1. The summed E-state index contributed by atoms with van der Waals surface area (Å²) in [7, 11) is 0. The number of carbonyl (C=O) groups is 1. The lowest BCUT2D eigenvalue weighted by molar-refractivity contribution is -0.385. The van der Waals surface area contributed by atoms with Crippen LogP contribution in [-0.4, -0.2) is 22.3 Å². The normalized spacial score (nSPS) is 10.2. The van der Waals surface area contributed by atoms with Crippen molar-refractivity contribution in [3.63, 3.8) is 0 Å². The number of furan rings is 1. The van der Waals surface area contributed by atoms with Crippen molar-refractivity contribution in [2.45, 2.75) is 13.5 Å². The molecule has 20 heavy (non-hydrogen) atoms. The number of carbonyl (C=O) groups excluding carboxylic acids is 1. The Hall–Kier alpha value is -2.63. The molecule has 1 heterocycles. The summed E-state index contributed by atoms with van der Waals surface area (Å²) in [6.45, 7) is 2.47. The maximum Gasteiger partial charge on any atom is 0.274 e. The first kappa shape index (κ1) is 13.8. The van der Waals surface area contributed by atoms with E-state index in [4.69, 9.17) is 4.42 Å². The monoisotopic (exact) mass is 274 g/mol. The number of nitrogens with zero attached hydrogens (tertiary/aromatic N) is 2. The number of rotatable bonds is 5. The fourth-order valence-corrected chi connectivity index (χ4v) is 1.92. The first-order valence-corrected chi connectivity index (χ1v) is 6.17. The van der Waals surface area contributed by atoms with Crippen LogP contribution in [0.1, 0.15) is 22.8 Å². The molecule has 0 fully saturated rings. The zero-order chi connectivity index (χ0) is 14.5. The molecular weight excluding hydrogens is 260 g/mol. The minimum Gasteiger partial charge on any atom is -0.472 e. The summed E-state index contributed by atoms with van der Waals surface area (Å²) in [5, 5.41) is 11.0. The van der Waals surface area contributed by atoms with E-state index in [2.05, 4.69) is 0 Å². The highest BCUT2D eigenvalue weighted by Crippen LogP contribution is 2.20. The molecule has 0 spiro atoms. The molecule has 2 rings (SSSR count). The Bertz CT molecular complexity index is 607. The van der Waals surface area contributed by atoms with Crippen molar-refractivity contribution < 1.29 is 14.1 Å². The predicted molar refractivity (Wildman–Crippen MR) is 72.2 cm³/mol. The van der Waals surface area contributed by atoms with E-state index in [-0.39, 0.29) is 18.1 Å². The summed E-state index contributed by atoms with van der Waals surface area (Å²) in [5.41, 5.74) is 0.965. The summed E-state index contributed by atoms with van der Waals surface area (Å²) in [5.74, 6) is -0.209. The third kappa shape index (κ3) is 2.85. The van der Waals surface area contributed by atoms with Gasteiger partial charge in [-0.15, -0.1) is 0 Å². The number of para-hydroxylation sites is 1. The van der Waals surface area contributed by atoms with Gasteiger partial charge in [0.25, 0.3) is 11.6 Å². The molecule has 0 unspecified atom stereocenters. The van der Waals surface area contributed by atoms with Crippen LogP contribution in [0.5, 0.6) is 0 Å². The van der Waals surface area contributed by atoms with Crippen LogP contribution < -0.4 is 0 Å². The van der Waals surface area contributed by atoms with Crippen molar-refractivity contribution in [2.75, 3.05) is 6.54 Å². The Morgan fingerprint density at radius 1 is 1.35 bits per heavy atom. The van der Waals surface area contributed by atoms with Crippen LogP contribution >= 0.6 is 0 Å². The van der Waals surface area contributed by atoms with Crippen LogP contribution in [0.25, 0.3) is 0 Å². The molecule has 1 amide bonds. The molecule has 1 aromatic heterocycles. The van der Waals surface area contributed by atoms with Gasteiger partial charge in [0, 0.05) is 18.2 Å². The van der Waals surface area contributed by atoms with Gasteiger partial charge >= 0.3 is 0 Å². The molecule has 104 valence electrons. The molecule has 0 aliphatic carbocycles. The minimum absolute atomic E-state index is 0.0194. The van der Waals surface area contributed by atoms with E-state index < -0.39 is 4.92 Å². The summed E-state index contributed by atoms with van der Waals surface area (Å²) >= 11 is 0. The third-order valence-electron chi connectivity index (χ3n) is 2.99. The van der Waals surface area contributed by atoms with E-state index in [0.29, 0.717) is 17.7 Å². The first-order valence-electron chi connectivity index (χ1n) is 6.17. The van der Waals surface area contributed by atoms with Crippen molar-refractivity contribution in [3.05, 3.63) is 64.1 Å². The first-order chi connectivity index (χ1) is 9.63. The quantitative estimate of drug-likeness (QED) is 0.620. The second-order valence-electron chi connectivity index (χ2n) is 4.22. The Kier molecular flexibility index (Phi) is 4.14. The lowest BCUT2D eigenvalue weighted by Gasteiger charge is -2.20. The molecule has 2 aromatic rings. The van der Waals surface area contributed by atoms with Crippen molar-refractivity contribution in [2.24, 2.45) is 0 Å². The smallest absolute Gasteiger partial charge is 0.274 e. The molecular formula is C14H14N2O4. The molecule has 0 radical (unpaired) electrons. The number of hydrogen-bond donors (Lipinski definition) is 0. The van der Waals surface area contributed by atoms with Crippen LogP contribution in [-0.2, 0) is 6.54 Å². The second-order valence-corrected chi connectivity index (χ2v) is 4.22. The van der Waals surface area contributed by atoms with Crippen LogP contribution in [0.3, 0.4) is 0 Å². The molecule has 0 saturated carbocycles. The van der Waals surface area contributed by atoms with Gasteiger partial charge < -0.3 is 9.32 Å². The van der Waals surface area contributed by atoms with E-state index >= 15 is 0 Å². The van der Waals surface area contributed by atoms with Gasteiger partial charge in [0.1, 0.15) is 6.26 Å². The highest BCUT2D eigenvalue weighted by Gasteiger charge is 2.20. The lowest BCUT2D eigenvalue weighted by atomic mass is 10.1. The fourth-order valence-electron chi connectivity index (χ4n) is 1.92. The molecule has 1 aromatic carbocycles. The molecule has 6 heteroatoms. The number of nitro benzene ring substituents is 1. The second kappa shape index (κ2) is 6.01. The Morgan fingerprint density at radius 2 is 2.10 bits per heavy atom. The molecule has 0 aliphatic rings. The van der Waals surface area contributed by atoms with E-state index in [1.165, 1.54) is 23.5 Å². The topological polar surface area (TPSA) is 76.6 Å². The average molecular weight is 274 g/mol. The zero-order valence-corrected chi connectivity index (χ0v) is 11.0. The van der Waals surface area contributed by atoms with E-state index in [1.807, 2.05) is 6.92 Å². The van der Waals surface area contributed by atoms with Gasteiger partial charge in [0.05, 0.1) is 23.3 Å². The van der Waals surface area contributed by atoms with E-state index in [1.54, 1.807) is 24.3 Å². The number of nitro groups is 1. The van der Waals surface area contributed by atoms with Crippen molar-refractivity contribution in [1.82, 2.24) is 4.90 Å².